The predicted molar refractivity (Wildman–Crippen MR) is 68.1 cm³/mol. The first-order valence-electron chi connectivity index (χ1n) is 5.38. The summed E-state index contributed by atoms with van der Waals surface area (Å²) in [6.07, 6.45) is -0.617. The molecule has 0 heterocycles. The topological polar surface area (TPSA) is 84.5 Å². The molecule has 0 fully saturated rings. The molecule has 1 rings (SSSR count). The van der Waals surface area contributed by atoms with Crippen LogP contribution < -0.4 is 10.0 Å². The fourth-order valence-corrected chi connectivity index (χ4v) is 2.36. The summed E-state index contributed by atoms with van der Waals surface area (Å²) >= 11 is 0. The molecule has 0 bridgehead atoms. The molecule has 6 nitrogen and oxygen atoms in total. The second-order valence-electron chi connectivity index (χ2n) is 3.53. The van der Waals surface area contributed by atoms with Gasteiger partial charge < -0.3 is 4.74 Å². The summed E-state index contributed by atoms with van der Waals surface area (Å²) in [4.78, 5) is 11.4. The normalized spacial score (nSPS) is 11.1. The minimum absolute atomic E-state index is 0.124. The van der Waals surface area contributed by atoms with Crippen molar-refractivity contribution in [2.75, 3.05) is 19.0 Å². The van der Waals surface area contributed by atoms with Gasteiger partial charge in [0.1, 0.15) is 0 Å². The Hall–Kier alpha value is -1.60. The molecule has 100 valence electrons. The van der Waals surface area contributed by atoms with Crippen molar-refractivity contribution in [2.24, 2.45) is 0 Å². The van der Waals surface area contributed by atoms with Crippen molar-refractivity contribution in [2.45, 2.75) is 18.7 Å². The lowest BCUT2D eigenvalue weighted by Crippen LogP contribution is -2.20. The van der Waals surface area contributed by atoms with Crippen LogP contribution in [-0.2, 0) is 14.8 Å². The van der Waals surface area contributed by atoms with E-state index in [2.05, 4.69) is 10.0 Å². The summed E-state index contributed by atoms with van der Waals surface area (Å²) in [5.41, 5.74) is 0.964. The Morgan fingerprint density at radius 3 is 2.61 bits per heavy atom. The van der Waals surface area contributed by atoms with E-state index in [9.17, 15) is 13.2 Å². The third-order valence-electron chi connectivity index (χ3n) is 2.27. The van der Waals surface area contributed by atoms with E-state index >= 15 is 0 Å². The molecule has 0 aliphatic rings. The van der Waals surface area contributed by atoms with Crippen LogP contribution >= 0.6 is 0 Å². The highest BCUT2D eigenvalue weighted by molar-refractivity contribution is 7.89. The second kappa shape index (κ2) is 5.83. The Bertz CT molecular complexity index is 540. The summed E-state index contributed by atoms with van der Waals surface area (Å²) in [7, 11) is -2.21. The van der Waals surface area contributed by atoms with Crippen molar-refractivity contribution in [3.8, 4) is 0 Å². The maximum Gasteiger partial charge on any atom is 0.411 e. The van der Waals surface area contributed by atoms with Gasteiger partial charge >= 0.3 is 6.09 Å². The Labute approximate surface area is 106 Å². The van der Waals surface area contributed by atoms with Crippen molar-refractivity contribution >= 4 is 21.8 Å². The van der Waals surface area contributed by atoms with Gasteiger partial charge in [0.25, 0.3) is 0 Å². The number of ether oxygens (including phenoxy) is 1. The Kier molecular flexibility index (Phi) is 4.69. The quantitative estimate of drug-likeness (QED) is 0.869. The minimum atomic E-state index is -3.54. The standard InChI is InChI=1S/C11H16N2O4S/c1-4-17-11(14)13-9-6-5-8(2)10(7-9)18(15,16)12-3/h5-7,12H,4H2,1-3H3,(H,13,14). The van der Waals surface area contributed by atoms with Crippen LogP contribution in [0.1, 0.15) is 12.5 Å². The van der Waals surface area contributed by atoms with Crippen LogP contribution in [0.3, 0.4) is 0 Å². The summed E-state index contributed by atoms with van der Waals surface area (Å²) in [6, 6.07) is 4.62. The molecule has 0 spiro atoms. The van der Waals surface area contributed by atoms with Crippen molar-refractivity contribution in [1.82, 2.24) is 4.72 Å². The van der Waals surface area contributed by atoms with Crippen molar-refractivity contribution in [1.29, 1.82) is 0 Å². The molecule has 2 N–H and O–H groups in total. The fourth-order valence-electron chi connectivity index (χ4n) is 1.36. The van der Waals surface area contributed by atoms with Gasteiger partial charge in [-0.2, -0.15) is 0 Å². The SMILES string of the molecule is CCOC(=O)Nc1ccc(C)c(S(=O)(=O)NC)c1. The highest BCUT2D eigenvalue weighted by atomic mass is 32.2. The van der Waals surface area contributed by atoms with Gasteiger partial charge in [-0.05, 0) is 38.6 Å². The Morgan fingerprint density at radius 2 is 2.06 bits per heavy atom. The number of carbonyl (C=O) groups is 1. The zero-order valence-corrected chi connectivity index (χ0v) is 11.3. The lowest BCUT2D eigenvalue weighted by atomic mass is 10.2. The largest absolute Gasteiger partial charge is 0.450 e. The highest BCUT2D eigenvalue weighted by Gasteiger charge is 2.15. The molecule has 0 aliphatic heterocycles. The molecule has 1 amide bonds. The van der Waals surface area contributed by atoms with Gasteiger partial charge in [-0.25, -0.2) is 17.9 Å². The first kappa shape index (κ1) is 14.5. The molecule has 0 atom stereocenters. The lowest BCUT2D eigenvalue weighted by molar-refractivity contribution is 0.168. The van der Waals surface area contributed by atoms with Crippen LogP contribution in [0.25, 0.3) is 0 Å². The van der Waals surface area contributed by atoms with E-state index in [4.69, 9.17) is 4.74 Å². The number of nitrogens with one attached hydrogen (secondary N) is 2. The van der Waals surface area contributed by atoms with E-state index in [1.807, 2.05) is 0 Å². The molecular formula is C11H16N2O4S. The van der Waals surface area contributed by atoms with Gasteiger partial charge in [0.2, 0.25) is 10.0 Å². The van der Waals surface area contributed by atoms with Crippen LogP contribution in [0.2, 0.25) is 0 Å². The van der Waals surface area contributed by atoms with E-state index in [0.717, 1.165) is 0 Å². The molecule has 18 heavy (non-hydrogen) atoms. The zero-order valence-electron chi connectivity index (χ0n) is 10.5. The number of carbonyl (C=O) groups excluding carboxylic acids is 1. The van der Waals surface area contributed by atoms with E-state index in [0.29, 0.717) is 11.3 Å². The van der Waals surface area contributed by atoms with Gasteiger partial charge in [0.15, 0.2) is 0 Å². The molecular weight excluding hydrogens is 256 g/mol. The number of rotatable bonds is 4. The van der Waals surface area contributed by atoms with Crippen molar-refractivity contribution in [3.05, 3.63) is 23.8 Å². The summed E-state index contributed by atoms with van der Waals surface area (Å²) in [5.74, 6) is 0. The molecule has 0 saturated carbocycles. The summed E-state index contributed by atoms with van der Waals surface area (Å²) in [6.45, 7) is 3.61. The molecule has 1 aromatic carbocycles. The molecule has 0 unspecified atom stereocenters. The van der Waals surface area contributed by atoms with Crippen molar-refractivity contribution in [3.63, 3.8) is 0 Å². The minimum Gasteiger partial charge on any atom is -0.450 e. The predicted octanol–water partition coefficient (Wildman–Crippen LogP) is 1.47. The number of hydrogen-bond acceptors (Lipinski definition) is 4. The first-order valence-corrected chi connectivity index (χ1v) is 6.87. The third-order valence-corrected chi connectivity index (χ3v) is 3.82. The van der Waals surface area contributed by atoms with E-state index in [-0.39, 0.29) is 11.5 Å². The molecule has 0 aliphatic carbocycles. The number of hydrogen-bond donors (Lipinski definition) is 2. The highest BCUT2D eigenvalue weighted by Crippen LogP contribution is 2.19. The smallest absolute Gasteiger partial charge is 0.411 e. The Morgan fingerprint density at radius 1 is 1.39 bits per heavy atom. The lowest BCUT2D eigenvalue weighted by Gasteiger charge is -2.10. The number of benzene rings is 1. The first-order chi connectivity index (χ1) is 8.40. The van der Waals surface area contributed by atoms with Gasteiger partial charge in [0, 0.05) is 5.69 Å². The van der Waals surface area contributed by atoms with Gasteiger partial charge in [-0.3, -0.25) is 5.32 Å². The van der Waals surface area contributed by atoms with E-state index in [1.54, 1.807) is 26.0 Å². The maximum absolute atomic E-state index is 11.7. The number of sulfonamides is 1. The second-order valence-corrected chi connectivity index (χ2v) is 5.39. The molecule has 1 aromatic rings. The van der Waals surface area contributed by atoms with E-state index < -0.39 is 16.1 Å². The number of amides is 1. The maximum atomic E-state index is 11.7. The van der Waals surface area contributed by atoms with Crippen LogP contribution in [-0.4, -0.2) is 28.2 Å². The average molecular weight is 272 g/mol. The molecule has 0 saturated heterocycles. The molecule has 7 heteroatoms. The van der Waals surface area contributed by atoms with Crippen LogP contribution in [0.4, 0.5) is 10.5 Å². The zero-order chi connectivity index (χ0) is 13.8. The third kappa shape index (κ3) is 3.44. The summed E-state index contributed by atoms with van der Waals surface area (Å²) in [5, 5.41) is 2.45. The van der Waals surface area contributed by atoms with Gasteiger partial charge in [-0.1, -0.05) is 6.07 Å². The number of anilines is 1. The van der Waals surface area contributed by atoms with Crippen LogP contribution in [0, 0.1) is 6.92 Å². The Balaban J connectivity index is 3.05. The van der Waals surface area contributed by atoms with Gasteiger partial charge in [-0.15, -0.1) is 0 Å². The molecule has 0 aromatic heterocycles. The van der Waals surface area contributed by atoms with Crippen LogP contribution in [0.15, 0.2) is 23.1 Å². The monoisotopic (exact) mass is 272 g/mol. The van der Waals surface area contributed by atoms with Gasteiger partial charge in [0.05, 0.1) is 11.5 Å². The fraction of sp³-hybridized carbons (Fsp3) is 0.364. The number of aryl methyl sites for hydroxylation is 1. The molecule has 0 radical (unpaired) electrons. The summed E-state index contributed by atoms with van der Waals surface area (Å²) < 4.78 is 30.4. The average Bonchev–Trinajstić information content (AvgIpc) is 2.31. The van der Waals surface area contributed by atoms with E-state index in [1.165, 1.54) is 13.1 Å². The van der Waals surface area contributed by atoms with Crippen molar-refractivity contribution < 1.29 is 17.9 Å². The van der Waals surface area contributed by atoms with Crippen LogP contribution in [0.5, 0.6) is 0 Å².